The third kappa shape index (κ3) is 2.58. The van der Waals surface area contributed by atoms with E-state index in [-0.39, 0.29) is 39.7 Å². The monoisotopic (exact) mass is 486 g/mol. The minimum Gasteiger partial charge on any atom is -0.454 e. The summed E-state index contributed by atoms with van der Waals surface area (Å²) in [6.07, 6.45) is 0. The molecule has 36 heavy (non-hydrogen) atoms. The second-order valence-electron chi connectivity index (χ2n) is 9.01. The number of nitrogens with zero attached hydrogens (tertiary/aromatic N) is 5. The van der Waals surface area contributed by atoms with E-state index in [0.29, 0.717) is 0 Å². The molecular weight excluding hydrogens is 468 g/mol. The van der Waals surface area contributed by atoms with E-state index >= 15 is 0 Å². The summed E-state index contributed by atoms with van der Waals surface area (Å²) in [7, 11) is 0. The molecule has 2 unspecified atom stereocenters. The molecule has 2 aliphatic rings. The van der Waals surface area contributed by atoms with Gasteiger partial charge >= 0.3 is 0 Å². The summed E-state index contributed by atoms with van der Waals surface area (Å²) in [5.74, 6) is -3.79. The van der Waals surface area contributed by atoms with Gasteiger partial charge in [0.05, 0.1) is 4.92 Å². The Hall–Kier alpha value is -4.71. The summed E-state index contributed by atoms with van der Waals surface area (Å²) in [6.45, 7) is 3.95. The van der Waals surface area contributed by atoms with Crippen molar-refractivity contribution in [2.75, 3.05) is 0 Å². The molecule has 3 heterocycles. The maximum absolute atomic E-state index is 14.1. The normalized spacial score (nSPS) is 21.7. The highest BCUT2D eigenvalue weighted by Crippen LogP contribution is 2.59. The smallest absolute Gasteiger partial charge is 0.280 e. The van der Waals surface area contributed by atoms with Gasteiger partial charge in [-0.15, -0.1) is 5.10 Å². The van der Waals surface area contributed by atoms with Crippen LogP contribution in [0.2, 0.25) is 0 Å². The van der Waals surface area contributed by atoms with Crippen molar-refractivity contribution < 1.29 is 24.4 Å². The van der Waals surface area contributed by atoms with E-state index in [1.807, 2.05) is 13.8 Å². The van der Waals surface area contributed by atoms with Crippen molar-refractivity contribution in [2.45, 2.75) is 31.1 Å². The number of rotatable bonds is 4. The number of aromatic nitrogens is 4. The van der Waals surface area contributed by atoms with Crippen molar-refractivity contribution in [1.29, 1.82) is 0 Å². The van der Waals surface area contributed by atoms with E-state index < -0.39 is 33.6 Å². The van der Waals surface area contributed by atoms with Crippen molar-refractivity contribution in [3.8, 4) is 5.75 Å². The molecule has 2 aromatic carbocycles. The predicted octanol–water partition coefficient (Wildman–Crippen LogP) is 2.22. The zero-order valence-electron chi connectivity index (χ0n) is 19.0. The van der Waals surface area contributed by atoms with Crippen molar-refractivity contribution in [3.63, 3.8) is 0 Å². The van der Waals surface area contributed by atoms with Crippen LogP contribution in [0.5, 0.6) is 5.75 Å². The molecule has 0 bridgehead atoms. The number of tetrazole rings is 1. The minimum absolute atomic E-state index is 0.0141. The number of carbonyl (C=O) groups excluding carboxylic acids is 2. The number of carbonyl (C=O) groups is 2. The maximum atomic E-state index is 14.1. The Morgan fingerprint density at radius 1 is 1.17 bits per heavy atom. The fraction of sp³-hybridized carbons (Fsp3) is 0.208. The van der Waals surface area contributed by atoms with Crippen LogP contribution in [0.3, 0.4) is 0 Å². The number of hydrogen-bond acceptors (Lipinski definition) is 9. The van der Waals surface area contributed by atoms with Crippen molar-refractivity contribution in [2.24, 2.45) is 0 Å². The highest BCUT2D eigenvalue weighted by molar-refractivity contribution is 6.15. The lowest BCUT2D eigenvalue weighted by molar-refractivity contribution is -0.385. The largest absolute Gasteiger partial charge is 0.454 e. The predicted molar refractivity (Wildman–Crippen MR) is 122 cm³/mol. The number of Topliss-reactive ketones (excluding diaryl/α,β-unsaturated/α-hetero) is 1. The summed E-state index contributed by atoms with van der Waals surface area (Å²) in [6, 6.07) is 13.6. The molecule has 2 aromatic heterocycles. The first-order valence-electron chi connectivity index (χ1n) is 11.1. The van der Waals surface area contributed by atoms with Crippen molar-refractivity contribution >= 4 is 23.0 Å². The van der Waals surface area contributed by atoms with Crippen LogP contribution in [0.15, 0.2) is 54.6 Å². The molecule has 1 aliphatic heterocycles. The number of hydrogen-bond donors (Lipinski definition) is 2. The Morgan fingerprint density at radius 3 is 2.69 bits per heavy atom. The second kappa shape index (κ2) is 7.15. The lowest BCUT2D eigenvalue weighted by Crippen LogP contribution is -2.60. The van der Waals surface area contributed by atoms with Crippen molar-refractivity contribution in [3.05, 3.63) is 92.7 Å². The Bertz CT molecular complexity index is 1630. The highest BCUT2D eigenvalue weighted by atomic mass is 16.6. The van der Waals surface area contributed by atoms with Crippen LogP contribution in [0, 0.1) is 10.1 Å². The molecule has 12 heteroatoms. The van der Waals surface area contributed by atoms with Gasteiger partial charge in [-0.05, 0) is 40.1 Å². The molecule has 0 radical (unpaired) electrons. The average molecular weight is 486 g/mol. The van der Waals surface area contributed by atoms with Gasteiger partial charge in [0.25, 0.3) is 17.4 Å². The molecule has 0 fully saturated rings. The SMILES string of the molecule is CC(C)c1ccc2c(c1)OC1(O)c3cccc([N+](=O)[O-])c3C(=O)C21NC(=O)c1cccc2nnnn12. The Kier molecular flexibility index (Phi) is 4.33. The van der Waals surface area contributed by atoms with Crippen LogP contribution >= 0.6 is 0 Å². The number of nitro benzene ring substituents is 1. The minimum atomic E-state index is -2.44. The number of pyridine rings is 1. The summed E-state index contributed by atoms with van der Waals surface area (Å²) >= 11 is 0. The van der Waals surface area contributed by atoms with E-state index in [0.717, 1.165) is 5.56 Å². The van der Waals surface area contributed by atoms with Crippen LogP contribution in [-0.4, -0.2) is 41.8 Å². The number of benzene rings is 2. The molecule has 2 N–H and O–H groups in total. The van der Waals surface area contributed by atoms with Crippen LogP contribution in [0.1, 0.15) is 57.3 Å². The maximum Gasteiger partial charge on any atom is 0.280 e. The quantitative estimate of drug-likeness (QED) is 0.325. The number of amides is 1. The van der Waals surface area contributed by atoms with Gasteiger partial charge in [-0.25, -0.2) is 0 Å². The third-order valence-corrected chi connectivity index (χ3v) is 6.77. The summed E-state index contributed by atoms with van der Waals surface area (Å²) in [5.41, 5.74) is -1.79. The Morgan fingerprint density at radius 2 is 1.94 bits per heavy atom. The van der Waals surface area contributed by atoms with E-state index in [1.165, 1.54) is 28.8 Å². The first-order valence-corrected chi connectivity index (χ1v) is 11.1. The molecule has 12 nitrogen and oxygen atoms in total. The van der Waals surface area contributed by atoms with Gasteiger partial charge in [-0.3, -0.25) is 19.7 Å². The average Bonchev–Trinajstić information content (AvgIpc) is 3.48. The van der Waals surface area contributed by atoms with Gasteiger partial charge in [-0.2, -0.15) is 4.52 Å². The van der Waals surface area contributed by atoms with Gasteiger partial charge in [0.1, 0.15) is 17.0 Å². The van der Waals surface area contributed by atoms with Gasteiger partial charge in [-0.1, -0.05) is 44.2 Å². The van der Waals surface area contributed by atoms with E-state index in [4.69, 9.17) is 4.74 Å². The molecular formula is C24H18N6O6. The molecule has 2 atom stereocenters. The molecule has 0 saturated heterocycles. The Balaban J connectivity index is 1.59. The first-order chi connectivity index (χ1) is 17.2. The molecule has 0 saturated carbocycles. The van der Waals surface area contributed by atoms with E-state index in [2.05, 4.69) is 20.8 Å². The van der Waals surface area contributed by atoms with Crippen LogP contribution < -0.4 is 10.1 Å². The van der Waals surface area contributed by atoms with Crippen LogP contribution in [0.4, 0.5) is 5.69 Å². The number of nitro groups is 1. The summed E-state index contributed by atoms with van der Waals surface area (Å²) < 4.78 is 7.18. The second-order valence-corrected chi connectivity index (χ2v) is 9.01. The molecule has 0 spiro atoms. The topological polar surface area (TPSA) is 162 Å². The molecule has 180 valence electrons. The summed E-state index contributed by atoms with van der Waals surface area (Å²) in [5, 5.41) is 37.6. The molecule has 1 amide bonds. The molecule has 4 aromatic rings. The number of ether oxygens (including phenoxy) is 1. The third-order valence-electron chi connectivity index (χ3n) is 6.77. The fourth-order valence-electron chi connectivity index (χ4n) is 5.02. The highest BCUT2D eigenvalue weighted by Gasteiger charge is 2.73. The number of nitrogens with one attached hydrogen (secondary N) is 1. The van der Waals surface area contributed by atoms with Gasteiger partial charge in [0, 0.05) is 17.2 Å². The number of aliphatic hydroxyl groups is 1. The summed E-state index contributed by atoms with van der Waals surface area (Å²) in [4.78, 5) is 38.8. The lowest BCUT2D eigenvalue weighted by atomic mass is 9.82. The van der Waals surface area contributed by atoms with Crippen LogP contribution in [0.25, 0.3) is 5.65 Å². The van der Waals surface area contributed by atoms with Crippen molar-refractivity contribution in [1.82, 2.24) is 25.4 Å². The van der Waals surface area contributed by atoms with Gasteiger partial charge in [0.2, 0.25) is 11.3 Å². The van der Waals surface area contributed by atoms with Gasteiger partial charge in [0.15, 0.2) is 5.65 Å². The fourth-order valence-corrected chi connectivity index (χ4v) is 5.02. The number of fused-ring (bicyclic) bond motifs is 6. The zero-order valence-corrected chi connectivity index (χ0v) is 19.0. The van der Waals surface area contributed by atoms with E-state index in [1.54, 1.807) is 30.3 Å². The zero-order chi connectivity index (χ0) is 25.4. The molecule has 1 aliphatic carbocycles. The standard InChI is InChI=1S/C24H18N6O6/c1-12(2)13-9-10-14-18(11-13)36-24(33)15-5-3-6-16(30(34)35)20(15)21(31)23(14,24)25-22(32)17-7-4-8-19-26-27-28-29(17)19/h3-12,33H,1-2H3,(H,25,32). The Labute approximate surface area is 202 Å². The lowest BCUT2D eigenvalue weighted by Gasteiger charge is -2.34. The molecule has 6 rings (SSSR count). The number of ketones is 1. The first kappa shape index (κ1) is 21.8. The van der Waals surface area contributed by atoms with E-state index in [9.17, 15) is 24.8 Å². The van der Waals surface area contributed by atoms with Crippen LogP contribution in [-0.2, 0) is 11.3 Å². The van der Waals surface area contributed by atoms with Gasteiger partial charge < -0.3 is 15.2 Å².